The first kappa shape index (κ1) is 11.8. The number of aldehydes is 1. The van der Waals surface area contributed by atoms with Crippen LogP contribution >= 0.6 is 11.3 Å². The van der Waals surface area contributed by atoms with E-state index in [0.717, 1.165) is 22.6 Å². The van der Waals surface area contributed by atoms with E-state index in [1.54, 1.807) is 6.20 Å². The molecule has 1 heterocycles. The molecule has 17 heavy (non-hydrogen) atoms. The zero-order valence-electron chi connectivity index (χ0n) is 9.77. The molecule has 0 aliphatic heterocycles. The fraction of sp³-hybridized carbons (Fsp3) is 0.231. The quantitative estimate of drug-likeness (QED) is 0.779. The average Bonchev–Trinajstić information content (AvgIpc) is 2.78. The molecular formula is C13H13NO2S. The van der Waals surface area contributed by atoms with E-state index in [1.807, 2.05) is 26.0 Å². The van der Waals surface area contributed by atoms with Crippen LogP contribution in [0.2, 0.25) is 0 Å². The minimum Gasteiger partial charge on any atom is -0.486 e. The zero-order chi connectivity index (χ0) is 12.3. The maximum Gasteiger partial charge on any atom is 0.161 e. The summed E-state index contributed by atoms with van der Waals surface area (Å²) in [6.07, 6.45) is 2.37. The van der Waals surface area contributed by atoms with E-state index in [2.05, 4.69) is 11.1 Å². The van der Waals surface area contributed by atoms with Crippen LogP contribution in [0.15, 0.2) is 24.4 Å². The van der Waals surface area contributed by atoms with Crippen molar-refractivity contribution < 1.29 is 9.53 Å². The molecule has 1 aromatic heterocycles. The molecule has 4 heteroatoms. The standard InChI is InChI=1S/C13H13NO2S/c1-9-3-4-10(2)12(5-9)16-8-13-14-6-11(7-15)17-13/h3-7H,8H2,1-2H3. The maximum absolute atomic E-state index is 10.5. The van der Waals surface area contributed by atoms with Gasteiger partial charge in [0.05, 0.1) is 4.88 Å². The summed E-state index contributed by atoms with van der Waals surface area (Å²) in [5.41, 5.74) is 2.26. The van der Waals surface area contributed by atoms with Crippen molar-refractivity contribution in [2.75, 3.05) is 0 Å². The van der Waals surface area contributed by atoms with Crippen LogP contribution in [0.3, 0.4) is 0 Å². The second kappa shape index (κ2) is 5.10. The molecule has 1 aromatic carbocycles. The second-order valence-corrected chi connectivity index (χ2v) is 4.98. The molecule has 2 rings (SSSR count). The number of ether oxygens (including phenoxy) is 1. The van der Waals surface area contributed by atoms with Gasteiger partial charge in [-0.05, 0) is 31.0 Å². The van der Waals surface area contributed by atoms with Crippen LogP contribution in [-0.2, 0) is 6.61 Å². The summed E-state index contributed by atoms with van der Waals surface area (Å²) in [6.45, 7) is 4.44. The molecule has 0 spiro atoms. The molecule has 0 unspecified atom stereocenters. The number of benzene rings is 1. The van der Waals surface area contributed by atoms with E-state index in [4.69, 9.17) is 4.74 Å². The third kappa shape index (κ3) is 2.91. The zero-order valence-corrected chi connectivity index (χ0v) is 10.6. The van der Waals surface area contributed by atoms with Gasteiger partial charge in [-0.2, -0.15) is 0 Å². The number of thiazole rings is 1. The Morgan fingerprint density at radius 3 is 2.94 bits per heavy atom. The number of hydrogen-bond donors (Lipinski definition) is 0. The number of rotatable bonds is 4. The molecule has 0 radical (unpaired) electrons. The third-order valence-corrected chi connectivity index (χ3v) is 3.28. The highest BCUT2D eigenvalue weighted by Crippen LogP contribution is 2.21. The predicted octanol–water partition coefficient (Wildman–Crippen LogP) is 3.15. The largest absolute Gasteiger partial charge is 0.486 e. The van der Waals surface area contributed by atoms with Gasteiger partial charge in [-0.1, -0.05) is 12.1 Å². The molecular weight excluding hydrogens is 234 g/mol. The Hall–Kier alpha value is -1.68. The Morgan fingerprint density at radius 2 is 2.24 bits per heavy atom. The van der Waals surface area contributed by atoms with Crippen molar-refractivity contribution in [1.29, 1.82) is 0 Å². The Bertz CT molecular complexity index is 534. The molecule has 0 fully saturated rings. The summed E-state index contributed by atoms with van der Waals surface area (Å²) in [5, 5.41) is 0.813. The second-order valence-electron chi connectivity index (χ2n) is 3.83. The van der Waals surface area contributed by atoms with Gasteiger partial charge in [0.1, 0.15) is 17.4 Å². The first-order valence-corrected chi connectivity index (χ1v) is 6.10. The van der Waals surface area contributed by atoms with Gasteiger partial charge in [0.25, 0.3) is 0 Å². The van der Waals surface area contributed by atoms with E-state index >= 15 is 0 Å². The van der Waals surface area contributed by atoms with E-state index in [-0.39, 0.29) is 0 Å². The lowest BCUT2D eigenvalue weighted by molar-refractivity contribution is 0.112. The van der Waals surface area contributed by atoms with Crippen molar-refractivity contribution >= 4 is 17.6 Å². The molecule has 0 saturated carbocycles. The predicted molar refractivity (Wildman–Crippen MR) is 67.7 cm³/mol. The normalized spacial score (nSPS) is 10.2. The van der Waals surface area contributed by atoms with Crippen LogP contribution in [0.1, 0.15) is 25.8 Å². The van der Waals surface area contributed by atoms with Crippen LogP contribution in [0.5, 0.6) is 5.75 Å². The maximum atomic E-state index is 10.5. The Morgan fingerprint density at radius 1 is 1.41 bits per heavy atom. The summed E-state index contributed by atoms with van der Waals surface area (Å²) in [6, 6.07) is 6.09. The van der Waals surface area contributed by atoms with Crippen LogP contribution in [-0.4, -0.2) is 11.3 Å². The number of hydrogen-bond acceptors (Lipinski definition) is 4. The van der Waals surface area contributed by atoms with Gasteiger partial charge in [0, 0.05) is 6.20 Å². The number of nitrogens with zero attached hydrogens (tertiary/aromatic N) is 1. The molecule has 0 atom stereocenters. The topological polar surface area (TPSA) is 39.2 Å². The Balaban J connectivity index is 2.06. The number of carbonyl (C=O) groups is 1. The lowest BCUT2D eigenvalue weighted by Gasteiger charge is -2.08. The van der Waals surface area contributed by atoms with Crippen molar-refractivity contribution in [3.63, 3.8) is 0 Å². The van der Waals surface area contributed by atoms with Crippen LogP contribution in [0.25, 0.3) is 0 Å². The first-order valence-electron chi connectivity index (χ1n) is 5.29. The Kier molecular flexibility index (Phi) is 3.54. The monoisotopic (exact) mass is 247 g/mol. The van der Waals surface area contributed by atoms with Crippen molar-refractivity contribution in [3.8, 4) is 5.75 Å². The highest BCUT2D eigenvalue weighted by molar-refractivity contribution is 7.13. The van der Waals surface area contributed by atoms with Crippen LogP contribution in [0, 0.1) is 13.8 Å². The van der Waals surface area contributed by atoms with Crippen molar-refractivity contribution in [2.45, 2.75) is 20.5 Å². The van der Waals surface area contributed by atoms with E-state index < -0.39 is 0 Å². The van der Waals surface area contributed by atoms with Gasteiger partial charge in [-0.3, -0.25) is 4.79 Å². The Labute approximate surface area is 104 Å². The molecule has 2 aromatic rings. The molecule has 0 aliphatic rings. The summed E-state index contributed by atoms with van der Waals surface area (Å²) in [5.74, 6) is 0.868. The van der Waals surface area contributed by atoms with Gasteiger partial charge in [-0.15, -0.1) is 11.3 Å². The molecule has 88 valence electrons. The summed E-state index contributed by atoms with van der Waals surface area (Å²) >= 11 is 1.36. The number of aromatic nitrogens is 1. The summed E-state index contributed by atoms with van der Waals surface area (Å²) < 4.78 is 5.69. The highest BCUT2D eigenvalue weighted by atomic mass is 32.1. The van der Waals surface area contributed by atoms with Gasteiger partial charge in [-0.25, -0.2) is 4.98 Å². The van der Waals surface area contributed by atoms with Crippen molar-refractivity contribution in [2.24, 2.45) is 0 Å². The lowest BCUT2D eigenvalue weighted by Crippen LogP contribution is -1.96. The van der Waals surface area contributed by atoms with Gasteiger partial charge < -0.3 is 4.74 Å². The minimum absolute atomic E-state index is 0.406. The van der Waals surface area contributed by atoms with Gasteiger partial charge >= 0.3 is 0 Å². The lowest BCUT2D eigenvalue weighted by atomic mass is 10.1. The molecule has 3 nitrogen and oxygen atoms in total. The van der Waals surface area contributed by atoms with E-state index in [0.29, 0.717) is 11.5 Å². The molecule has 0 aliphatic carbocycles. The summed E-state index contributed by atoms with van der Waals surface area (Å²) in [7, 11) is 0. The van der Waals surface area contributed by atoms with Crippen LogP contribution in [0.4, 0.5) is 0 Å². The number of aryl methyl sites for hydroxylation is 2. The first-order chi connectivity index (χ1) is 8.19. The van der Waals surface area contributed by atoms with E-state index in [9.17, 15) is 4.79 Å². The average molecular weight is 247 g/mol. The SMILES string of the molecule is Cc1ccc(C)c(OCc2ncc(C=O)s2)c1. The molecule has 0 amide bonds. The number of carbonyl (C=O) groups excluding carboxylic acids is 1. The summed E-state index contributed by atoms with van der Waals surface area (Å²) in [4.78, 5) is 15.3. The van der Waals surface area contributed by atoms with Crippen molar-refractivity contribution in [3.05, 3.63) is 45.4 Å². The van der Waals surface area contributed by atoms with Crippen molar-refractivity contribution in [1.82, 2.24) is 4.98 Å². The van der Waals surface area contributed by atoms with E-state index in [1.165, 1.54) is 16.9 Å². The molecule has 0 N–H and O–H groups in total. The highest BCUT2D eigenvalue weighted by Gasteiger charge is 2.04. The fourth-order valence-electron chi connectivity index (χ4n) is 1.45. The van der Waals surface area contributed by atoms with Gasteiger partial charge in [0.15, 0.2) is 6.29 Å². The smallest absolute Gasteiger partial charge is 0.161 e. The molecule has 0 bridgehead atoms. The molecule has 0 saturated heterocycles. The third-order valence-electron chi connectivity index (χ3n) is 2.38. The fourth-order valence-corrected chi connectivity index (χ4v) is 2.10. The van der Waals surface area contributed by atoms with Crippen LogP contribution < -0.4 is 4.74 Å². The van der Waals surface area contributed by atoms with Gasteiger partial charge in [0.2, 0.25) is 0 Å². The minimum atomic E-state index is 0.406.